The molecule has 4 heteroatoms. The van der Waals surface area contributed by atoms with Crippen LogP contribution in [0.5, 0.6) is 5.75 Å². The van der Waals surface area contributed by atoms with Crippen molar-refractivity contribution >= 4 is 0 Å². The van der Waals surface area contributed by atoms with Gasteiger partial charge >= 0.3 is 0 Å². The first kappa shape index (κ1) is 11.5. The standard InChI is InChI=1S/C13H16N2O2/c1-10-4-3-5-12(8-10)17-7-6-15-13(16)11(2)9-14-15/h3-5,8-9,14H,6-7H2,1-2H3. The number of aryl methyl sites for hydroxylation is 2. The van der Waals surface area contributed by atoms with E-state index >= 15 is 0 Å². The number of H-pyrrole nitrogens is 1. The van der Waals surface area contributed by atoms with E-state index in [0.29, 0.717) is 13.2 Å². The molecule has 2 rings (SSSR count). The summed E-state index contributed by atoms with van der Waals surface area (Å²) in [6.45, 7) is 4.81. The van der Waals surface area contributed by atoms with Crippen molar-refractivity contribution in [3.05, 3.63) is 51.9 Å². The average molecular weight is 232 g/mol. The molecule has 0 aliphatic heterocycles. The van der Waals surface area contributed by atoms with E-state index in [1.54, 1.807) is 17.8 Å². The van der Waals surface area contributed by atoms with Gasteiger partial charge in [-0.15, -0.1) is 0 Å². The Kier molecular flexibility index (Phi) is 3.32. The molecule has 0 spiro atoms. The van der Waals surface area contributed by atoms with Gasteiger partial charge in [0, 0.05) is 11.8 Å². The van der Waals surface area contributed by atoms with Crippen LogP contribution < -0.4 is 10.3 Å². The summed E-state index contributed by atoms with van der Waals surface area (Å²) in [5.41, 5.74) is 1.90. The van der Waals surface area contributed by atoms with E-state index in [2.05, 4.69) is 5.10 Å². The van der Waals surface area contributed by atoms with Crippen LogP contribution in [0, 0.1) is 13.8 Å². The highest BCUT2D eigenvalue weighted by atomic mass is 16.5. The smallest absolute Gasteiger partial charge is 0.269 e. The maximum atomic E-state index is 11.5. The Morgan fingerprint density at radius 1 is 1.35 bits per heavy atom. The first-order valence-electron chi connectivity index (χ1n) is 5.61. The number of hydrogen-bond donors (Lipinski definition) is 1. The van der Waals surface area contributed by atoms with E-state index in [4.69, 9.17) is 4.74 Å². The molecule has 17 heavy (non-hydrogen) atoms. The van der Waals surface area contributed by atoms with Crippen molar-refractivity contribution in [1.29, 1.82) is 0 Å². The first-order valence-corrected chi connectivity index (χ1v) is 5.61. The van der Waals surface area contributed by atoms with Gasteiger partial charge in [0.1, 0.15) is 12.4 Å². The fourth-order valence-corrected chi connectivity index (χ4v) is 1.63. The summed E-state index contributed by atoms with van der Waals surface area (Å²) in [6, 6.07) is 7.86. The highest BCUT2D eigenvalue weighted by molar-refractivity contribution is 5.27. The Bertz CT molecular complexity index is 555. The second kappa shape index (κ2) is 4.91. The fraction of sp³-hybridized carbons (Fsp3) is 0.308. The van der Waals surface area contributed by atoms with Crippen molar-refractivity contribution in [2.45, 2.75) is 20.4 Å². The van der Waals surface area contributed by atoms with E-state index in [-0.39, 0.29) is 5.56 Å². The molecule has 0 atom stereocenters. The van der Waals surface area contributed by atoms with Gasteiger partial charge in [0.25, 0.3) is 5.56 Å². The lowest BCUT2D eigenvalue weighted by Gasteiger charge is -2.06. The minimum absolute atomic E-state index is 0.0119. The lowest BCUT2D eigenvalue weighted by Crippen LogP contribution is -2.21. The van der Waals surface area contributed by atoms with Crippen LogP contribution >= 0.6 is 0 Å². The van der Waals surface area contributed by atoms with Crippen LogP contribution in [-0.2, 0) is 6.54 Å². The van der Waals surface area contributed by atoms with Gasteiger partial charge < -0.3 is 9.84 Å². The molecular formula is C13H16N2O2. The topological polar surface area (TPSA) is 47.0 Å². The molecule has 0 aliphatic carbocycles. The largest absolute Gasteiger partial charge is 0.492 e. The monoisotopic (exact) mass is 232 g/mol. The molecular weight excluding hydrogens is 216 g/mol. The minimum atomic E-state index is 0.0119. The van der Waals surface area contributed by atoms with Gasteiger partial charge in [-0.25, -0.2) is 4.68 Å². The van der Waals surface area contributed by atoms with Gasteiger partial charge in [-0.2, -0.15) is 0 Å². The molecule has 90 valence electrons. The molecule has 0 radical (unpaired) electrons. The average Bonchev–Trinajstić information content (AvgIpc) is 2.61. The summed E-state index contributed by atoms with van der Waals surface area (Å²) < 4.78 is 7.12. The third-order valence-corrected chi connectivity index (χ3v) is 2.59. The Morgan fingerprint density at radius 2 is 2.18 bits per heavy atom. The van der Waals surface area contributed by atoms with Gasteiger partial charge in [0.2, 0.25) is 0 Å². The number of aromatic nitrogens is 2. The number of benzene rings is 1. The van der Waals surface area contributed by atoms with Crippen molar-refractivity contribution in [3.63, 3.8) is 0 Å². The molecule has 1 heterocycles. The Morgan fingerprint density at radius 3 is 2.82 bits per heavy atom. The zero-order chi connectivity index (χ0) is 12.3. The molecule has 0 bridgehead atoms. The maximum absolute atomic E-state index is 11.5. The zero-order valence-electron chi connectivity index (χ0n) is 10.1. The van der Waals surface area contributed by atoms with E-state index in [1.807, 2.05) is 31.2 Å². The second-order valence-corrected chi connectivity index (χ2v) is 4.08. The fourth-order valence-electron chi connectivity index (χ4n) is 1.63. The van der Waals surface area contributed by atoms with Gasteiger partial charge in [0.15, 0.2) is 0 Å². The summed E-state index contributed by atoms with van der Waals surface area (Å²) in [5.74, 6) is 0.835. The Hall–Kier alpha value is -1.97. The van der Waals surface area contributed by atoms with Crippen LogP contribution in [0.3, 0.4) is 0 Å². The molecule has 0 unspecified atom stereocenters. The molecule has 0 amide bonds. The molecule has 0 fully saturated rings. The van der Waals surface area contributed by atoms with Crippen molar-refractivity contribution in [2.24, 2.45) is 0 Å². The Labute approximate surface area is 99.8 Å². The Balaban J connectivity index is 1.92. The summed E-state index contributed by atoms with van der Waals surface area (Å²) in [4.78, 5) is 11.5. The van der Waals surface area contributed by atoms with Crippen molar-refractivity contribution in [3.8, 4) is 5.75 Å². The summed E-state index contributed by atoms with van der Waals surface area (Å²) >= 11 is 0. The van der Waals surface area contributed by atoms with E-state index < -0.39 is 0 Å². The van der Waals surface area contributed by atoms with Gasteiger partial charge in [-0.05, 0) is 31.5 Å². The maximum Gasteiger partial charge on any atom is 0.269 e. The summed E-state index contributed by atoms with van der Waals surface area (Å²) in [7, 11) is 0. The van der Waals surface area contributed by atoms with E-state index in [0.717, 1.165) is 16.9 Å². The normalized spacial score (nSPS) is 10.5. The number of nitrogens with one attached hydrogen (secondary N) is 1. The molecule has 1 aromatic carbocycles. The predicted molar refractivity (Wildman–Crippen MR) is 66.5 cm³/mol. The van der Waals surface area contributed by atoms with Crippen molar-refractivity contribution in [2.75, 3.05) is 6.61 Å². The summed E-state index contributed by atoms with van der Waals surface area (Å²) in [5, 5.41) is 2.90. The van der Waals surface area contributed by atoms with Gasteiger partial charge in [0.05, 0.1) is 6.54 Å². The first-order chi connectivity index (χ1) is 8.16. The van der Waals surface area contributed by atoms with Crippen LogP contribution in [0.2, 0.25) is 0 Å². The SMILES string of the molecule is Cc1cccc(OCCn2[nH]cc(C)c2=O)c1. The lowest BCUT2D eigenvalue weighted by atomic mass is 10.2. The van der Waals surface area contributed by atoms with Gasteiger partial charge in [-0.1, -0.05) is 12.1 Å². The van der Waals surface area contributed by atoms with Crippen LogP contribution in [0.15, 0.2) is 35.3 Å². The molecule has 4 nitrogen and oxygen atoms in total. The highest BCUT2D eigenvalue weighted by Gasteiger charge is 2.01. The van der Waals surface area contributed by atoms with Crippen LogP contribution in [0.1, 0.15) is 11.1 Å². The number of nitrogens with zero attached hydrogens (tertiary/aromatic N) is 1. The lowest BCUT2D eigenvalue weighted by molar-refractivity contribution is 0.289. The molecule has 0 aliphatic rings. The van der Waals surface area contributed by atoms with Crippen LogP contribution in [0.25, 0.3) is 0 Å². The summed E-state index contributed by atoms with van der Waals surface area (Å²) in [6.07, 6.45) is 1.70. The predicted octanol–water partition coefficient (Wildman–Crippen LogP) is 1.87. The minimum Gasteiger partial charge on any atom is -0.492 e. The highest BCUT2D eigenvalue weighted by Crippen LogP contribution is 2.11. The number of hydrogen-bond acceptors (Lipinski definition) is 2. The molecule has 0 saturated carbocycles. The molecule has 1 N–H and O–H groups in total. The van der Waals surface area contributed by atoms with Gasteiger partial charge in [-0.3, -0.25) is 4.79 Å². The molecule has 2 aromatic rings. The van der Waals surface area contributed by atoms with E-state index in [9.17, 15) is 4.79 Å². The third-order valence-electron chi connectivity index (χ3n) is 2.59. The molecule has 1 aromatic heterocycles. The second-order valence-electron chi connectivity index (χ2n) is 4.08. The number of ether oxygens (including phenoxy) is 1. The molecule has 0 saturated heterocycles. The van der Waals surface area contributed by atoms with Crippen molar-refractivity contribution in [1.82, 2.24) is 9.78 Å². The number of aromatic amines is 1. The van der Waals surface area contributed by atoms with Crippen LogP contribution in [-0.4, -0.2) is 16.4 Å². The van der Waals surface area contributed by atoms with E-state index in [1.165, 1.54) is 0 Å². The van der Waals surface area contributed by atoms with Crippen LogP contribution in [0.4, 0.5) is 0 Å². The third kappa shape index (κ3) is 2.78. The number of rotatable bonds is 4. The quantitative estimate of drug-likeness (QED) is 0.874. The zero-order valence-corrected chi connectivity index (χ0v) is 10.1. The van der Waals surface area contributed by atoms with Crippen molar-refractivity contribution < 1.29 is 4.74 Å².